The molecule has 11 heteroatoms. The van der Waals surface area contributed by atoms with Gasteiger partial charge in [-0.15, -0.1) is 0 Å². The summed E-state index contributed by atoms with van der Waals surface area (Å²) in [6.07, 6.45) is 1.21. The van der Waals surface area contributed by atoms with Gasteiger partial charge in [0.2, 0.25) is 0 Å². The van der Waals surface area contributed by atoms with E-state index in [1.807, 2.05) is 10.6 Å². The van der Waals surface area contributed by atoms with Crippen LogP contribution in [0.5, 0.6) is 11.5 Å². The van der Waals surface area contributed by atoms with Crippen LogP contribution in [-0.2, 0) is 14.4 Å². The normalized spacial score (nSPS) is 13.3. The second-order valence-electron chi connectivity index (χ2n) is 6.15. The summed E-state index contributed by atoms with van der Waals surface area (Å²) in [4.78, 5) is 46.9. The van der Waals surface area contributed by atoms with E-state index < -0.39 is 36.2 Å². The number of halogens is 2. The summed E-state index contributed by atoms with van der Waals surface area (Å²) in [5.74, 6) is -2.81. The van der Waals surface area contributed by atoms with Crippen LogP contribution in [0.4, 0.5) is 14.9 Å². The average molecular weight is 448 g/mol. The highest BCUT2D eigenvalue weighted by Gasteiger charge is 2.28. The van der Waals surface area contributed by atoms with Crippen LogP contribution in [0.15, 0.2) is 42.0 Å². The summed E-state index contributed by atoms with van der Waals surface area (Å²) in [5.41, 5.74) is -0.00559. The highest BCUT2D eigenvalue weighted by atomic mass is 35.5. The Labute approximate surface area is 180 Å². The van der Waals surface area contributed by atoms with Crippen molar-refractivity contribution in [1.82, 2.24) is 10.6 Å². The molecule has 0 spiro atoms. The lowest BCUT2D eigenvalue weighted by Crippen LogP contribution is -2.51. The number of carbonyl (C=O) groups is 4. The van der Waals surface area contributed by atoms with Crippen molar-refractivity contribution in [2.45, 2.75) is 0 Å². The number of nitrogens with one attached hydrogen (secondary N) is 3. The molecule has 2 aromatic carbocycles. The second-order valence-corrected chi connectivity index (χ2v) is 6.55. The van der Waals surface area contributed by atoms with Gasteiger partial charge in [-0.1, -0.05) is 23.7 Å². The summed E-state index contributed by atoms with van der Waals surface area (Å²) < 4.78 is 24.3. The van der Waals surface area contributed by atoms with Crippen molar-refractivity contribution in [2.24, 2.45) is 0 Å². The monoisotopic (exact) mass is 447 g/mol. The van der Waals surface area contributed by atoms with Crippen molar-refractivity contribution in [1.29, 1.82) is 0 Å². The van der Waals surface area contributed by atoms with Crippen molar-refractivity contribution in [3.8, 4) is 11.5 Å². The van der Waals surface area contributed by atoms with Gasteiger partial charge in [0, 0.05) is 0 Å². The van der Waals surface area contributed by atoms with Crippen LogP contribution in [-0.4, -0.2) is 37.5 Å². The molecule has 0 saturated carbocycles. The highest BCUT2D eigenvalue weighted by molar-refractivity contribution is 6.33. The SMILES string of the molecule is COc1cc(C=C2C(=O)NC(=O)NC2=O)cc(Cl)c1OCC(=O)Nc1ccccc1F. The molecule has 160 valence electrons. The standard InChI is InChI=1S/C20H15ClFN3O6/c1-30-15-8-10(6-11-18(27)24-20(29)25-19(11)28)7-12(21)17(15)31-9-16(26)23-14-5-3-2-4-13(14)22/h2-8H,9H2,1H3,(H,23,26)(H2,24,25,27,28,29). The fourth-order valence-electron chi connectivity index (χ4n) is 2.62. The van der Waals surface area contributed by atoms with E-state index >= 15 is 0 Å². The Balaban J connectivity index is 1.77. The van der Waals surface area contributed by atoms with Crippen molar-refractivity contribution in [2.75, 3.05) is 19.0 Å². The molecule has 0 unspecified atom stereocenters. The molecule has 31 heavy (non-hydrogen) atoms. The van der Waals surface area contributed by atoms with Crippen molar-refractivity contribution in [3.05, 3.63) is 58.4 Å². The zero-order valence-corrected chi connectivity index (χ0v) is 16.7. The maximum atomic E-state index is 13.6. The quantitative estimate of drug-likeness (QED) is 0.461. The molecule has 0 atom stereocenters. The molecule has 1 aliphatic heterocycles. The maximum Gasteiger partial charge on any atom is 0.328 e. The third-order valence-corrected chi connectivity index (χ3v) is 4.28. The Kier molecular flexibility index (Phi) is 6.51. The van der Waals surface area contributed by atoms with E-state index in [1.54, 1.807) is 6.07 Å². The molecule has 1 saturated heterocycles. The molecule has 3 N–H and O–H groups in total. The largest absolute Gasteiger partial charge is 0.493 e. The number of hydrogen-bond acceptors (Lipinski definition) is 6. The van der Waals surface area contributed by atoms with E-state index in [9.17, 15) is 23.6 Å². The van der Waals surface area contributed by atoms with E-state index in [0.29, 0.717) is 5.56 Å². The van der Waals surface area contributed by atoms with Gasteiger partial charge in [0.15, 0.2) is 18.1 Å². The topological polar surface area (TPSA) is 123 Å². The lowest BCUT2D eigenvalue weighted by Gasteiger charge is -2.15. The van der Waals surface area contributed by atoms with Crippen LogP contribution in [0.3, 0.4) is 0 Å². The third-order valence-electron chi connectivity index (χ3n) is 4.00. The van der Waals surface area contributed by atoms with Crippen LogP contribution < -0.4 is 25.4 Å². The van der Waals surface area contributed by atoms with Crippen LogP contribution in [0.2, 0.25) is 5.02 Å². The van der Waals surface area contributed by atoms with Gasteiger partial charge in [-0.2, -0.15) is 0 Å². The Morgan fingerprint density at radius 1 is 1.16 bits per heavy atom. The summed E-state index contributed by atoms with van der Waals surface area (Å²) >= 11 is 6.21. The number of urea groups is 1. The zero-order chi connectivity index (χ0) is 22.5. The van der Waals surface area contributed by atoms with Crippen LogP contribution in [0, 0.1) is 5.82 Å². The van der Waals surface area contributed by atoms with Crippen LogP contribution in [0.1, 0.15) is 5.56 Å². The minimum absolute atomic E-state index is 0.00125. The number of imide groups is 2. The molecule has 1 fully saturated rings. The second kappa shape index (κ2) is 9.26. The van der Waals surface area contributed by atoms with E-state index in [-0.39, 0.29) is 27.8 Å². The zero-order valence-electron chi connectivity index (χ0n) is 16.0. The fourth-order valence-corrected chi connectivity index (χ4v) is 2.90. The number of para-hydroxylation sites is 1. The van der Waals surface area contributed by atoms with Gasteiger partial charge >= 0.3 is 6.03 Å². The van der Waals surface area contributed by atoms with Gasteiger partial charge in [-0.05, 0) is 35.9 Å². The number of barbiturate groups is 1. The molecule has 0 aliphatic carbocycles. The number of hydrogen-bond donors (Lipinski definition) is 3. The van der Waals surface area contributed by atoms with Gasteiger partial charge in [0.1, 0.15) is 11.4 Å². The Morgan fingerprint density at radius 3 is 2.48 bits per heavy atom. The molecule has 9 nitrogen and oxygen atoms in total. The lowest BCUT2D eigenvalue weighted by atomic mass is 10.1. The van der Waals surface area contributed by atoms with Gasteiger partial charge in [0.05, 0.1) is 17.8 Å². The Bertz CT molecular complexity index is 1100. The smallest absolute Gasteiger partial charge is 0.328 e. The first-order valence-corrected chi connectivity index (χ1v) is 9.09. The fraction of sp³-hybridized carbons (Fsp3) is 0.100. The first-order chi connectivity index (χ1) is 14.8. The molecule has 1 heterocycles. The molecule has 3 rings (SSSR count). The van der Waals surface area contributed by atoms with Crippen molar-refractivity contribution in [3.63, 3.8) is 0 Å². The molecular formula is C20H15ClFN3O6. The summed E-state index contributed by atoms with van der Waals surface area (Å²) in [5, 5.41) is 6.30. The van der Waals surface area contributed by atoms with Gasteiger partial charge < -0.3 is 14.8 Å². The minimum Gasteiger partial charge on any atom is -0.493 e. The molecule has 5 amide bonds. The van der Waals surface area contributed by atoms with Crippen LogP contribution >= 0.6 is 11.6 Å². The first-order valence-electron chi connectivity index (χ1n) is 8.71. The molecule has 2 aromatic rings. The van der Waals surface area contributed by atoms with Crippen molar-refractivity contribution >= 4 is 47.1 Å². The van der Waals surface area contributed by atoms with Gasteiger partial charge in [0.25, 0.3) is 17.7 Å². The van der Waals surface area contributed by atoms with E-state index in [1.165, 1.54) is 43.5 Å². The Hall–Kier alpha value is -3.92. The van der Waals surface area contributed by atoms with Crippen molar-refractivity contribution < 1.29 is 33.0 Å². The average Bonchev–Trinajstić information content (AvgIpc) is 2.71. The number of anilines is 1. The molecule has 0 radical (unpaired) electrons. The minimum atomic E-state index is -0.917. The predicted octanol–water partition coefficient (Wildman–Crippen LogP) is 2.25. The number of carbonyl (C=O) groups excluding carboxylic acids is 4. The number of benzene rings is 2. The van der Waals surface area contributed by atoms with E-state index in [2.05, 4.69) is 5.32 Å². The van der Waals surface area contributed by atoms with Crippen LogP contribution in [0.25, 0.3) is 6.08 Å². The number of ether oxygens (including phenoxy) is 2. The number of amides is 5. The number of rotatable bonds is 6. The molecule has 1 aliphatic rings. The van der Waals surface area contributed by atoms with E-state index in [4.69, 9.17) is 21.1 Å². The third kappa shape index (κ3) is 5.17. The predicted molar refractivity (Wildman–Crippen MR) is 108 cm³/mol. The lowest BCUT2D eigenvalue weighted by molar-refractivity contribution is -0.124. The van der Waals surface area contributed by atoms with Gasteiger partial charge in [-0.25, -0.2) is 9.18 Å². The maximum absolute atomic E-state index is 13.6. The molecule has 0 bridgehead atoms. The summed E-state index contributed by atoms with van der Waals surface area (Å²) in [6.45, 7) is -0.488. The van der Waals surface area contributed by atoms with Gasteiger partial charge in [-0.3, -0.25) is 25.0 Å². The molecule has 0 aromatic heterocycles. The highest BCUT2D eigenvalue weighted by Crippen LogP contribution is 2.37. The summed E-state index contributed by atoms with van der Waals surface area (Å²) in [7, 11) is 1.33. The number of methoxy groups -OCH3 is 1. The molecular weight excluding hydrogens is 433 g/mol. The first kappa shape index (κ1) is 21.8. The summed E-state index contributed by atoms with van der Waals surface area (Å²) in [6, 6.07) is 7.52. The Morgan fingerprint density at radius 2 is 1.84 bits per heavy atom. The van der Waals surface area contributed by atoms with E-state index in [0.717, 1.165) is 0 Å².